The first-order valence-electron chi connectivity index (χ1n) is 10.8. The first-order chi connectivity index (χ1) is 15.5. The third-order valence-electron chi connectivity index (χ3n) is 6.59. The lowest BCUT2D eigenvalue weighted by Crippen LogP contribution is -2.30. The number of ether oxygens (including phenoxy) is 1. The molecule has 5 rings (SSSR count). The van der Waals surface area contributed by atoms with Crippen LogP contribution >= 0.6 is 11.6 Å². The molecule has 0 amide bonds. The summed E-state index contributed by atoms with van der Waals surface area (Å²) >= 11 is 6.01. The quantitative estimate of drug-likeness (QED) is 0.515. The van der Waals surface area contributed by atoms with Gasteiger partial charge in [-0.15, -0.1) is 0 Å². The Balaban J connectivity index is 1.33. The number of hydrogen-bond donors (Lipinski definition) is 3. The van der Waals surface area contributed by atoms with Crippen molar-refractivity contribution in [1.82, 2.24) is 19.5 Å². The van der Waals surface area contributed by atoms with E-state index in [4.69, 9.17) is 16.3 Å². The highest BCUT2D eigenvalue weighted by Gasteiger charge is 2.43. The lowest BCUT2D eigenvalue weighted by Gasteiger charge is -2.20. The van der Waals surface area contributed by atoms with Gasteiger partial charge < -0.3 is 29.7 Å². The van der Waals surface area contributed by atoms with Crippen LogP contribution in [0.25, 0.3) is 11.2 Å². The normalized spacial score (nSPS) is 28.0. The van der Waals surface area contributed by atoms with E-state index in [-0.39, 0.29) is 18.0 Å². The molecule has 9 nitrogen and oxygen atoms in total. The van der Waals surface area contributed by atoms with Gasteiger partial charge in [0.15, 0.2) is 11.5 Å². The summed E-state index contributed by atoms with van der Waals surface area (Å²) in [6.45, 7) is 2.18. The smallest absolute Gasteiger partial charge is 0.165 e. The molecule has 5 atom stereocenters. The Labute approximate surface area is 191 Å². The summed E-state index contributed by atoms with van der Waals surface area (Å²) in [4.78, 5) is 15.7. The molecule has 0 unspecified atom stereocenters. The number of anilines is 2. The monoisotopic (exact) mass is 458 g/mol. The summed E-state index contributed by atoms with van der Waals surface area (Å²) in [5, 5.41) is 25.3. The Morgan fingerprint density at radius 2 is 1.97 bits per heavy atom. The van der Waals surface area contributed by atoms with Gasteiger partial charge in [-0.2, -0.15) is 0 Å². The summed E-state index contributed by atoms with van der Waals surface area (Å²) in [6, 6.07) is 7.79. The van der Waals surface area contributed by atoms with Gasteiger partial charge in [0.2, 0.25) is 0 Å². The standard InChI is InChI=1S/C22H27ClN6O3/c1-32-10-13-8-17(20(31)19(13)30)29-12-26-18-21(24-11-25-22(18)29)27-15-6-7-28(9-15)16-4-2-14(23)3-5-16/h2-5,11-13,15,17,19-20,30-31H,6-10H2,1H3,(H,24,25,27)/t13-,15+,17-,19-,20+/m1/s1. The minimum atomic E-state index is -0.901. The molecule has 1 saturated carbocycles. The molecule has 0 spiro atoms. The zero-order valence-corrected chi connectivity index (χ0v) is 18.6. The molecule has 2 aromatic heterocycles. The van der Waals surface area contributed by atoms with E-state index < -0.39 is 12.2 Å². The minimum Gasteiger partial charge on any atom is -0.390 e. The average Bonchev–Trinajstić information content (AvgIpc) is 3.50. The van der Waals surface area contributed by atoms with Gasteiger partial charge in [-0.25, -0.2) is 15.0 Å². The molecule has 2 aliphatic rings. The average molecular weight is 459 g/mol. The van der Waals surface area contributed by atoms with E-state index in [9.17, 15) is 10.2 Å². The Hall–Kier alpha value is -2.46. The molecule has 1 saturated heterocycles. The summed E-state index contributed by atoms with van der Waals surface area (Å²) in [5.41, 5.74) is 2.45. The molecule has 0 bridgehead atoms. The van der Waals surface area contributed by atoms with Crippen LogP contribution in [0.15, 0.2) is 36.9 Å². The lowest BCUT2D eigenvalue weighted by atomic mass is 10.1. The number of aromatic nitrogens is 4. The van der Waals surface area contributed by atoms with Crippen molar-refractivity contribution >= 4 is 34.3 Å². The number of rotatable bonds is 6. The second-order valence-electron chi connectivity index (χ2n) is 8.60. The van der Waals surface area contributed by atoms with Gasteiger partial charge in [0, 0.05) is 42.9 Å². The number of methoxy groups -OCH3 is 1. The van der Waals surface area contributed by atoms with Crippen molar-refractivity contribution < 1.29 is 14.9 Å². The van der Waals surface area contributed by atoms with E-state index in [0.29, 0.717) is 30.0 Å². The molecule has 1 aliphatic heterocycles. The van der Waals surface area contributed by atoms with Crippen molar-refractivity contribution in [3.63, 3.8) is 0 Å². The van der Waals surface area contributed by atoms with Gasteiger partial charge >= 0.3 is 0 Å². The van der Waals surface area contributed by atoms with Crippen LogP contribution < -0.4 is 10.2 Å². The highest BCUT2D eigenvalue weighted by atomic mass is 35.5. The predicted octanol–water partition coefficient (Wildman–Crippen LogP) is 2.10. The Bertz CT molecular complexity index is 1080. The molecular weight excluding hydrogens is 432 g/mol. The molecule has 32 heavy (non-hydrogen) atoms. The van der Waals surface area contributed by atoms with Crippen molar-refractivity contribution in [1.29, 1.82) is 0 Å². The number of nitrogens with one attached hydrogen (secondary N) is 1. The van der Waals surface area contributed by atoms with Crippen LogP contribution in [0.1, 0.15) is 18.9 Å². The van der Waals surface area contributed by atoms with Gasteiger partial charge in [0.05, 0.1) is 25.1 Å². The summed E-state index contributed by atoms with van der Waals surface area (Å²) in [6.07, 6.45) is 3.01. The number of aliphatic hydroxyl groups excluding tert-OH is 2. The molecule has 10 heteroatoms. The van der Waals surface area contributed by atoms with E-state index in [1.54, 1.807) is 13.4 Å². The number of fused-ring (bicyclic) bond motifs is 1. The SMILES string of the molecule is COC[C@H]1C[C@@H](n2cnc3c(N[C@H]4CCN(c5ccc(Cl)cc5)C4)ncnc32)[C@H](O)[C@@H]1O. The van der Waals surface area contributed by atoms with Crippen LogP contribution in [-0.4, -0.2) is 74.8 Å². The van der Waals surface area contributed by atoms with Crippen LogP contribution in [0.3, 0.4) is 0 Å². The lowest BCUT2D eigenvalue weighted by molar-refractivity contribution is -0.00886. The Kier molecular flexibility index (Phi) is 5.90. The number of imidazole rings is 1. The largest absolute Gasteiger partial charge is 0.390 e. The topological polar surface area (TPSA) is 109 Å². The Morgan fingerprint density at radius 3 is 2.75 bits per heavy atom. The molecule has 3 heterocycles. The van der Waals surface area contributed by atoms with Crippen molar-refractivity contribution in [3.05, 3.63) is 41.9 Å². The molecule has 3 N–H and O–H groups in total. The van der Waals surface area contributed by atoms with Crippen molar-refractivity contribution in [2.45, 2.75) is 37.1 Å². The fourth-order valence-electron chi connectivity index (χ4n) is 4.91. The van der Waals surface area contributed by atoms with Crippen molar-refractivity contribution in [2.75, 3.05) is 37.0 Å². The van der Waals surface area contributed by atoms with E-state index in [2.05, 4.69) is 25.2 Å². The second kappa shape index (κ2) is 8.82. The maximum atomic E-state index is 10.6. The molecule has 170 valence electrons. The molecule has 1 aliphatic carbocycles. The van der Waals surface area contributed by atoms with E-state index >= 15 is 0 Å². The minimum absolute atomic E-state index is 0.130. The molecular formula is C22H27ClN6O3. The van der Waals surface area contributed by atoms with Crippen molar-refractivity contribution in [2.24, 2.45) is 5.92 Å². The first-order valence-corrected chi connectivity index (χ1v) is 11.2. The van der Waals surface area contributed by atoms with Crippen LogP contribution in [0.5, 0.6) is 0 Å². The summed E-state index contributed by atoms with van der Waals surface area (Å²) in [5.74, 6) is 0.549. The molecule has 1 aromatic carbocycles. The number of aliphatic hydroxyl groups is 2. The van der Waals surface area contributed by atoms with Gasteiger partial charge in [-0.3, -0.25) is 0 Å². The van der Waals surface area contributed by atoms with Crippen LogP contribution in [-0.2, 0) is 4.74 Å². The molecule has 2 fully saturated rings. The second-order valence-corrected chi connectivity index (χ2v) is 9.03. The highest BCUT2D eigenvalue weighted by Crippen LogP contribution is 2.37. The van der Waals surface area contributed by atoms with Crippen LogP contribution in [0, 0.1) is 5.92 Å². The fourth-order valence-corrected chi connectivity index (χ4v) is 5.04. The van der Waals surface area contributed by atoms with Crippen LogP contribution in [0.2, 0.25) is 5.02 Å². The number of benzene rings is 1. The van der Waals surface area contributed by atoms with Gasteiger partial charge in [-0.1, -0.05) is 11.6 Å². The van der Waals surface area contributed by atoms with E-state index in [1.165, 1.54) is 6.33 Å². The maximum absolute atomic E-state index is 10.6. The maximum Gasteiger partial charge on any atom is 0.165 e. The zero-order chi connectivity index (χ0) is 22.2. The van der Waals surface area contributed by atoms with Crippen LogP contribution in [0.4, 0.5) is 11.5 Å². The summed E-state index contributed by atoms with van der Waals surface area (Å²) < 4.78 is 7.04. The fraction of sp³-hybridized carbons (Fsp3) is 0.500. The number of nitrogens with zero attached hydrogens (tertiary/aromatic N) is 5. The molecule has 0 radical (unpaired) electrons. The highest BCUT2D eigenvalue weighted by molar-refractivity contribution is 6.30. The molecule has 3 aromatic rings. The van der Waals surface area contributed by atoms with Crippen molar-refractivity contribution in [3.8, 4) is 0 Å². The third kappa shape index (κ3) is 3.90. The summed E-state index contributed by atoms with van der Waals surface area (Å²) in [7, 11) is 1.60. The van der Waals surface area contributed by atoms with E-state index in [1.807, 2.05) is 28.8 Å². The van der Waals surface area contributed by atoms with Gasteiger partial charge in [0.25, 0.3) is 0 Å². The Morgan fingerprint density at radius 1 is 1.16 bits per heavy atom. The number of halogens is 1. The number of hydrogen-bond acceptors (Lipinski definition) is 8. The first kappa shape index (κ1) is 21.4. The van der Waals surface area contributed by atoms with E-state index in [0.717, 1.165) is 30.2 Å². The van der Waals surface area contributed by atoms with Gasteiger partial charge in [0.1, 0.15) is 17.9 Å². The third-order valence-corrected chi connectivity index (χ3v) is 6.84. The van der Waals surface area contributed by atoms with Gasteiger partial charge in [-0.05, 0) is 37.1 Å². The zero-order valence-electron chi connectivity index (χ0n) is 17.8. The predicted molar refractivity (Wildman–Crippen MR) is 122 cm³/mol.